The van der Waals surface area contributed by atoms with Crippen LogP contribution >= 0.6 is 0 Å². The Kier molecular flexibility index (Phi) is 3.74. The van der Waals surface area contributed by atoms with Crippen molar-refractivity contribution in [2.75, 3.05) is 11.4 Å². The molecule has 3 atom stereocenters. The van der Waals surface area contributed by atoms with Gasteiger partial charge in [-0.1, -0.05) is 0 Å². The van der Waals surface area contributed by atoms with Crippen LogP contribution in [-0.4, -0.2) is 48.5 Å². The van der Waals surface area contributed by atoms with Crippen LogP contribution in [0.4, 0.5) is 10.5 Å². The number of morpholine rings is 1. The Bertz CT molecular complexity index is 863. The van der Waals surface area contributed by atoms with Crippen molar-refractivity contribution in [3.63, 3.8) is 0 Å². The monoisotopic (exact) mass is 372 g/mol. The van der Waals surface area contributed by atoms with Gasteiger partial charge in [-0.25, -0.2) is 4.79 Å². The largest absolute Gasteiger partial charge is 0.372 e. The van der Waals surface area contributed by atoms with E-state index >= 15 is 0 Å². The summed E-state index contributed by atoms with van der Waals surface area (Å²) >= 11 is 0. The summed E-state index contributed by atoms with van der Waals surface area (Å²) in [6.07, 6.45) is -0.508. The second-order valence-corrected chi connectivity index (χ2v) is 7.34. The lowest BCUT2D eigenvalue weighted by Gasteiger charge is -2.55. The van der Waals surface area contributed by atoms with E-state index < -0.39 is 41.3 Å². The summed E-state index contributed by atoms with van der Waals surface area (Å²) in [5, 5.41) is 4.44. The Hall–Kier alpha value is -2.94. The van der Waals surface area contributed by atoms with Crippen LogP contribution in [0.15, 0.2) is 18.2 Å². The first-order valence-electron chi connectivity index (χ1n) is 8.75. The molecule has 0 radical (unpaired) electrons. The van der Waals surface area contributed by atoms with Gasteiger partial charge in [0.15, 0.2) is 5.41 Å². The standard InChI is InChI=1S/C18H20N4O5/c1-8-7-22-12-4-3-10(14(19)23)5-11(12)6-18(13(22)9(2)27-8)15(24)20-17(26)21-16(18)25/h3-5,8-9,13H,6-7H2,1-2H3,(H2,19,23)(H2,20,21,24,25,26)/t8-,9+,13-/m1/s1. The van der Waals surface area contributed by atoms with Gasteiger partial charge in [-0.3, -0.25) is 25.0 Å². The quantitative estimate of drug-likeness (QED) is 0.579. The summed E-state index contributed by atoms with van der Waals surface area (Å²) in [4.78, 5) is 51.1. The molecule has 3 heterocycles. The van der Waals surface area contributed by atoms with E-state index in [0.29, 0.717) is 17.7 Å². The number of carbonyl (C=O) groups excluding carboxylic acids is 4. The lowest BCUT2D eigenvalue weighted by molar-refractivity contribution is -0.153. The highest BCUT2D eigenvalue weighted by molar-refractivity contribution is 6.20. The third-order valence-corrected chi connectivity index (χ3v) is 5.59. The molecule has 4 rings (SSSR count). The number of hydrogen-bond acceptors (Lipinski definition) is 6. The smallest absolute Gasteiger partial charge is 0.328 e. The molecule has 142 valence electrons. The van der Waals surface area contributed by atoms with Gasteiger partial charge in [-0.15, -0.1) is 0 Å². The van der Waals surface area contributed by atoms with Crippen molar-refractivity contribution in [2.45, 2.75) is 38.5 Å². The van der Waals surface area contributed by atoms with Gasteiger partial charge in [0.25, 0.3) is 0 Å². The van der Waals surface area contributed by atoms with Crippen LogP contribution in [0.2, 0.25) is 0 Å². The number of primary amides is 1. The first-order chi connectivity index (χ1) is 12.7. The van der Waals surface area contributed by atoms with Crippen molar-refractivity contribution in [1.29, 1.82) is 0 Å². The molecule has 9 heteroatoms. The Labute approximate surface area is 155 Å². The number of hydrogen-bond donors (Lipinski definition) is 3. The second-order valence-electron chi connectivity index (χ2n) is 7.34. The predicted molar refractivity (Wildman–Crippen MR) is 93.9 cm³/mol. The summed E-state index contributed by atoms with van der Waals surface area (Å²) in [7, 11) is 0. The highest BCUT2D eigenvalue weighted by atomic mass is 16.5. The number of carbonyl (C=O) groups is 4. The van der Waals surface area contributed by atoms with Gasteiger partial charge in [-0.05, 0) is 44.0 Å². The van der Waals surface area contributed by atoms with E-state index in [1.54, 1.807) is 18.2 Å². The predicted octanol–water partition coefficient (Wildman–Crippen LogP) is -0.324. The van der Waals surface area contributed by atoms with E-state index in [0.717, 1.165) is 5.69 Å². The number of ether oxygens (including phenoxy) is 1. The molecule has 27 heavy (non-hydrogen) atoms. The number of urea groups is 1. The van der Waals surface area contributed by atoms with Gasteiger partial charge < -0.3 is 15.4 Å². The minimum Gasteiger partial charge on any atom is -0.372 e. The van der Waals surface area contributed by atoms with Crippen molar-refractivity contribution in [1.82, 2.24) is 10.6 Å². The normalized spacial score (nSPS) is 28.9. The number of benzene rings is 1. The minimum absolute atomic E-state index is 0.0393. The molecular formula is C18H20N4O5. The number of imide groups is 2. The fourth-order valence-electron chi connectivity index (χ4n) is 4.60. The van der Waals surface area contributed by atoms with Crippen LogP contribution in [0.25, 0.3) is 0 Å². The molecule has 2 saturated heterocycles. The third kappa shape index (κ3) is 2.42. The minimum atomic E-state index is -1.54. The van der Waals surface area contributed by atoms with Gasteiger partial charge in [0.2, 0.25) is 17.7 Å². The van der Waals surface area contributed by atoms with Crippen LogP contribution in [-0.2, 0) is 20.7 Å². The maximum absolute atomic E-state index is 12.9. The van der Waals surface area contributed by atoms with Crippen molar-refractivity contribution >= 4 is 29.4 Å². The summed E-state index contributed by atoms with van der Waals surface area (Å²) < 4.78 is 5.92. The zero-order valence-electron chi connectivity index (χ0n) is 14.9. The molecular weight excluding hydrogens is 352 g/mol. The number of nitrogens with two attached hydrogens (primary N) is 1. The maximum atomic E-state index is 12.9. The van der Waals surface area contributed by atoms with Gasteiger partial charge in [0.05, 0.1) is 18.2 Å². The molecule has 0 saturated carbocycles. The molecule has 3 aliphatic heterocycles. The van der Waals surface area contributed by atoms with Gasteiger partial charge >= 0.3 is 6.03 Å². The number of barbiturate groups is 1. The molecule has 9 nitrogen and oxygen atoms in total. The van der Waals surface area contributed by atoms with Crippen LogP contribution in [0.5, 0.6) is 0 Å². The summed E-state index contributed by atoms with van der Waals surface area (Å²) in [6, 6.07) is 3.60. The Morgan fingerprint density at radius 3 is 2.52 bits per heavy atom. The van der Waals surface area contributed by atoms with E-state index in [-0.39, 0.29) is 12.5 Å². The number of anilines is 1. The fraction of sp³-hybridized carbons (Fsp3) is 0.444. The molecule has 0 aromatic heterocycles. The number of nitrogens with one attached hydrogen (secondary N) is 2. The summed E-state index contributed by atoms with van der Waals surface area (Å²) in [5.74, 6) is -1.91. The molecule has 1 aromatic carbocycles. The Balaban J connectivity index is 1.92. The van der Waals surface area contributed by atoms with Crippen molar-refractivity contribution in [3.8, 4) is 0 Å². The zero-order chi connectivity index (χ0) is 19.5. The topological polar surface area (TPSA) is 131 Å². The summed E-state index contributed by atoms with van der Waals surface area (Å²) in [6.45, 7) is 4.19. The van der Waals surface area contributed by atoms with Crippen LogP contribution in [0.3, 0.4) is 0 Å². The van der Waals surface area contributed by atoms with Gasteiger partial charge in [0.1, 0.15) is 0 Å². The zero-order valence-corrected chi connectivity index (χ0v) is 14.9. The average molecular weight is 372 g/mol. The average Bonchev–Trinajstić information content (AvgIpc) is 2.58. The molecule has 3 aliphatic rings. The Morgan fingerprint density at radius 1 is 1.22 bits per heavy atom. The lowest BCUT2D eigenvalue weighted by atomic mass is 9.66. The van der Waals surface area contributed by atoms with E-state index in [4.69, 9.17) is 10.5 Å². The van der Waals surface area contributed by atoms with Crippen LogP contribution < -0.4 is 21.3 Å². The number of amides is 5. The van der Waals surface area contributed by atoms with E-state index in [9.17, 15) is 19.2 Å². The number of fused-ring (bicyclic) bond motifs is 4. The van der Waals surface area contributed by atoms with Crippen LogP contribution in [0.1, 0.15) is 29.8 Å². The molecule has 1 aromatic rings. The van der Waals surface area contributed by atoms with E-state index in [2.05, 4.69) is 10.6 Å². The van der Waals surface area contributed by atoms with Gasteiger partial charge in [0, 0.05) is 17.8 Å². The number of rotatable bonds is 1. The molecule has 2 fully saturated rings. The highest BCUT2D eigenvalue weighted by Crippen LogP contribution is 2.46. The van der Waals surface area contributed by atoms with Crippen molar-refractivity contribution in [3.05, 3.63) is 29.3 Å². The lowest BCUT2D eigenvalue weighted by Crippen LogP contribution is -2.75. The Morgan fingerprint density at radius 2 is 1.89 bits per heavy atom. The number of nitrogens with zero attached hydrogens (tertiary/aromatic N) is 1. The summed E-state index contributed by atoms with van der Waals surface area (Å²) in [5.41, 5.74) is 5.63. The van der Waals surface area contributed by atoms with Crippen molar-refractivity contribution in [2.24, 2.45) is 11.1 Å². The molecule has 4 N–H and O–H groups in total. The fourth-order valence-corrected chi connectivity index (χ4v) is 4.60. The molecule has 0 aliphatic carbocycles. The third-order valence-electron chi connectivity index (χ3n) is 5.59. The SMILES string of the molecule is C[C@@H]1CN2c3ccc(C(N)=O)cc3CC3(C(=O)NC(=O)NC3=O)[C@H]2[C@H](C)O1. The van der Waals surface area contributed by atoms with E-state index in [1.807, 2.05) is 18.7 Å². The maximum Gasteiger partial charge on any atom is 0.328 e. The van der Waals surface area contributed by atoms with Crippen molar-refractivity contribution < 1.29 is 23.9 Å². The molecule has 0 bridgehead atoms. The highest BCUT2D eigenvalue weighted by Gasteiger charge is 2.62. The first-order valence-corrected chi connectivity index (χ1v) is 8.75. The van der Waals surface area contributed by atoms with Gasteiger partial charge in [-0.2, -0.15) is 0 Å². The van der Waals surface area contributed by atoms with Crippen LogP contribution in [0, 0.1) is 5.41 Å². The molecule has 1 spiro atoms. The second kappa shape index (κ2) is 5.78. The molecule has 5 amide bonds. The molecule has 0 unspecified atom stereocenters. The van der Waals surface area contributed by atoms with E-state index in [1.165, 1.54) is 0 Å². The first kappa shape index (κ1) is 17.5.